The molecule has 23 heavy (non-hydrogen) atoms. The standard InChI is InChI=1S/C16H15N5O2/c1-2-11-7-13-18-14-12(15(22)21(13)19-11)9-20(16(14)23)8-10-3-5-17-6-4-10/h3-7,18H,2,8-9H2,1H3. The molecule has 0 atom stereocenters. The van der Waals surface area contributed by atoms with E-state index >= 15 is 0 Å². The van der Waals surface area contributed by atoms with Gasteiger partial charge in [0.25, 0.3) is 11.5 Å². The summed E-state index contributed by atoms with van der Waals surface area (Å²) in [5.74, 6) is -0.157. The number of aromatic nitrogens is 4. The Morgan fingerprint density at radius 1 is 1.26 bits per heavy atom. The van der Waals surface area contributed by atoms with E-state index < -0.39 is 0 Å². The van der Waals surface area contributed by atoms with E-state index in [2.05, 4.69) is 15.1 Å². The number of fused-ring (bicyclic) bond motifs is 2. The fourth-order valence-electron chi connectivity index (χ4n) is 2.87. The van der Waals surface area contributed by atoms with Crippen LogP contribution in [0, 0.1) is 0 Å². The van der Waals surface area contributed by atoms with Crippen LogP contribution in [-0.2, 0) is 19.5 Å². The molecule has 0 aliphatic carbocycles. The van der Waals surface area contributed by atoms with Crippen molar-refractivity contribution in [2.24, 2.45) is 0 Å². The number of rotatable bonds is 3. The average Bonchev–Trinajstić information content (AvgIpc) is 3.12. The van der Waals surface area contributed by atoms with Crippen LogP contribution in [0.4, 0.5) is 0 Å². The predicted octanol–water partition coefficient (Wildman–Crippen LogP) is 1.14. The van der Waals surface area contributed by atoms with Gasteiger partial charge in [-0.05, 0) is 24.1 Å². The number of H-pyrrole nitrogens is 1. The zero-order valence-corrected chi connectivity index (χ0v) is 12.6. The Kier molecular flexibility index (Phi) is 3.00. The topological polar surface area (TPSA) is 83.4 Å². The molecule has 0 fully saturated rings. The Morgan fingerprint density at radius 3 is 2.78 bits per heavy atom. The lowest BCUT2D eigenvalue weighted by Gasteiger charge is -2.14. The fourth-order valence-corrected chi connectivity index (χ4v) is 2.87. The molecule has 3 aromatic rings. The van der Waals surface area contributed by atoms with E-state index in [1.165, 1.54) is 4.52 Å². The van der Waals surface area contributed by atoms with E-state index in [0.717, 1.165) is 17.7 Å². The molecule has 4 rings (SSSR count). The SMILES string of the molecule is CCc1cc2[nH]c3c(c(=O)n2n1)CN(Cc1ccncc1)C3=O. The van der Waals surface area contributed by atoms with Gasteiger partial charge in [-0.1, -0.05) is 6.92 Å². The summed E-state index contributed by atoms with van der Waals surface area (Å²) in [5, 5.41) is 4.28. The van der Waals surface area contributed by atoms with Gasteiger partial charge in [0.2, 0.25) is 0 Å². The monoisotopic (exact) mass is 309 g/mol. The Balaban J connectivity index is 1.74. The molecule has 0 saturated heterocycles. The quantitative estimate of drug-likeness (QED) is 0.786. The van der Waals surface area contributed by atoms with Crippen molar-refractivity contribution in [3.8, 4) is 0 Å². The van der Waals surface area contributed by atoms with Crippen molar-refractivity contribution >= 4 is 11.6 Å². The summed E-state index contributed by atoms with van der Waals surface area (Å²) in [6, 6.07) is 5.53. The van der Waals surface area contributed by atoms with Crippen LogP contribution < -0.4 is 5.56 Å². The third kappa shape index (κ3) is 2.12. The molecule has 4 heterocycles. The van der Waals surface area contributed by atoms with Crippen LogP contribution in [0.5, 0.6) is 0 Å². The van der Waals surface area contributed by atoms with Gasteiger partial charge in [-0.15, -0.1) is 0 Å². The van der Waals surface area contributed by atoms with E-state index in [4.69, 9.17) is 0 Å². The van der Waals surface area contributed by atoms with E-state index in [1.54, 1.807) is 23.4 Å². The second-order valence-electron chi connectivity index (χ2n) is 5.59. The lowest BCUT2D eigenvalue weighted by Crippen LogP contribution is -2.23. The molecule has 0 radical (unpaired) electrons. The maximum absolute atomic E-state index is 12.6. The van der Waals surface area contributed by atoms with Crippen molar-refractivity contribution in [1.29, 1.82) is 0 Å². The molecule has 7 heteroatoms. The zero-order chi connectivity index (χ0) is 16.0. The Hall–Kier alpha value is -2.96. The minimum atomic E-state index is -0.223. The number of amides is 1. The Bertz CT molecular complexity index is 958. The first-order valence-electron chi connectivity index (χ1n) is 7.49. The number of carbonyl (C=O) groups is 1. The van der Waals surface area contributed by atoms with Crippen molar-refractivity contribution in [3.05, 3.63) is 63.5 Å². The number of aryl methyl sites for hydroxylation is 1. The first-order chi connectivity index (χ1) is 11.2. The lowest BCUT2D eigenvalue weighted by atomic mass is 10.2. The van der Waals surface area contributed by atoms with Gasteiger partial charge in [0.1, 0.15) is 11.3 Å². The molecule has 1 amide bonds. The minimum absolute atomic E-state index is 0.157. The van der Waals surface area contributed by atoms with Gasteiger partial charge in [0, 0.05) is 25.0 Å². The van der Waals surface area contributed by atoms with Crippen LogP contribution in [0.15, 0.2) is 35.4 Å². The number of hydrogen-bond donors (Lipinski definition) is 1. The average molecular weight is 309 g/mol. The van der Waals surface area contributed by atoms with Crippen LogP contribution in [0.3, 0.4) is 0 Å². The van der Waals surface area contributed by atoms with Gasteiger partial charge in [-0.2, -0.15) is 9.61 Å². The number of aromatic amines is 1. The lowest BCUT2D eigenvalue weighted by molar-refractivity contribution is 0.0762. The molecule has 0 unspecified atom stereocenters. The molecule has 1 N–H and O–H groups in total. The number of hydrogen-bond acceptors (Lipinski definition) is 4. The van der Waals surface area contributed by atoms with Crippen LogP contribution >= 0.6 is 0 Å². The predicted molar refractivity (Wildman–Crippen MR) is 83.0 cm³/mol. The summed E-state index contributed by atoms with van der Waals surface area (Å²) in [7, 11) is 0. The number of carbonyl (C=O) groups excluding carboxylic acids is 1. The Labute approximate surface area is 131 Å². The number of pyridine rings is 1. The van der Waals surface area contributed by atoms with Gasteiger partial charge in [-0.3, -0.25) is 14.6 Å². The smallest absolute Gasteiger partial charge is 0.280 e. The van der Waals surface area contributed by atoms with Gasteiger partial charge < -0.3 is 9.88 Å². The molecule has 0 bridgehead atoms. The molecule has 1 aliphatic heterocycles. The molecular weight excluding hydrogens is 294 g/mol. The summed E-state index contributed by atoms with van der Waals surface area (Å²) in [4.78, 5) is 33.9. The molecule has 0 saturated carbocycles. The Morgan fingerprint density at radius 2 is 2.04 bits per heavy atom. The largest absolute Gasteiger partial charge is 0.335 e. The first kappa shape index (κ1) is 13.7. The van der Waals surface area contributed by atoms with Crippen LogP contribution in [0.1, 0.15) is 34.2 Å². The third-order valence-corrected chi connectivity index (χ3v) is 4.10. The van der Waals surface area contributed by atoms with Crippen molar-refractivity contribution in [3.63, 3.8) is 0 Å². The first-order valence-corrected chi connectivity index (χ1v) is 7.49. The second-order valence-corrected chi connectivity index (χ2v) is 5.59. The zero-order valence-electron chi connectivity index (χ0n) is 12.6. The summed E-state index contributed by atoms with van der Waals surface area (Å²) < 4.78 is 1.35. The maximum atomic E-state index is 12.6. The molecule has 0 spiro atoms. The van der Waals surface area contributed by atoms with Gasteiger partial charge >= 0.3 is 0 Å². The molecule has 116 valence electrons. The molecular formula is C16H15N5O2. The number of nitrogens with one attached hydrogen (secondary N) is 1. The van der Waals surface area contributed by atoms with E-state index in [0.29, 0.717) is 30.0 Å². The maximum Gasteiger partial charge on any atom is 0.280 e. The van der Waals surface area contributed by atoms with Gasteiger partial charge in [0.05, 0.1) is 17.8 Å². The summed E-state index contributed by atoms with van der Waals surface area (Å²) in [5.41, 5.74) is 2.99. The highest BCUT2D eigenvalue weighted by atomic mass is 16.2. The molecule has 0 aromatic carbocycles. The van der Waals surface area contributed by atoms with Crippen molar-refractivity contribution in [2.75, 3.05) is 0 Å². The fraction of sp³-hybridized carbons (Fsp3) is 0.250. The number of nitrogens with zero attached hydrogens (tertiary/aromatic N) is 4. The van der Waals surface area contributed by atoms with Crippen molar-refractivity contribution in [1.82, 2.24) is 24.5 Å². The van der Waals surface area contributed by atoms with E-state index in [1.807, 2.05) is 19.1 Å². The molecule has 1 aliphatic rings. The second kappa shape index (κ2) is 5.05. The van der Waals surface area contributed by atoms with E-state index in [9.17, 15) is 9.59 Å². The van der Waals surface area contributed by atoms with E-state index in [-0.39, 0.29) is 11.5 Å². The highest BCUT2D eigenvalue weighted by Gasteiger charge is 2.31. The summed E-state index contributed by atoms with van der Waals surface area (Å²) in [6.45, 7) is 2.72. The van der Waals surface area contributed by atoms with Gasteiger partial charge in [0.15, 0.2) is 0 Å². The van der Waals surface area contributed by atoms with Crippen LogP contribution in [0.2, 0.25) is 0 Å². The van der Waals surface area contributed by atoms with Crippen molar-refractivity contribution in [2.45, 2.75) is 26.4 Å². The summed E-state index contributed by atoms with van der Waals surface area (Å²) in [6.07, 6.45) is 4.12. The highest BCUT2D eigenvalue weighted by molar-refractivity contribution is 5.96. The normalized spacial score (nSPS) is 13.8. The van der Waals surface area contributed by atoms with Crippen LogP contribution in [0.25, 0.3) is 5.65 Å². The summed E-state index contributed by atoms with van der Waals surface area (Å²) >= 11 is 0. The minimum Gasteiger partial charge on any atom is -0.335 e. The highest BCUT2D eigenvalue weighted by Crippen LogP contribution is 2.21. The van der Waals surface area contributed by atoms with Gasteiger partial charge in [-0.25, -0.2) is 0 Å². The van der Waals surface area contributed by atoms with Crippen molar-refractivity contribution < 1.29 is 4.79 Å². The van der Waals surface area contributed by atoms with Crippen LogP contribution in [-0.4, -0.2) is 30.4 Å². The third-order valence-electron chi connectivity index (χ3n) is 4.10. The molecule has 3 aromatic heterocycles. The molecule has 7 nitrogen and oxygen atoms in total.